The second kappa shape index (κ2) is 5.05. The second-order valence-corrected chi connectivity index (χ2v) is 4.17. The van der Waals surface area contributed by atoms with Crippen molar-refractivity contribution < 1.29 is 5.11 Å². The molecule has 60 valence electrons. The number of aliphatic hydroxyl groups is 1. The van der Waals surface area contributed by atoms with Crippen molar-refractivity contribution in [1.29, 1.82) is 0 Å². The van der Waals surface area contributed by atoms with Crippen molar-refractivity contribution >= 4 is 23.4 Å². The molecule has 0 aliphatic heterocycles. The summed E-state index contributed by atoms with van der Waals surface area (Å²) in [6, 6.07) is 0. The van der Waals surface area contributed by atoms with Crippen LogP contribution in [0.4, 0.5) is 0 Å². The van der Waals surface area contributed by atoms with E-state index >= 15 is 0 Å². The molecule has 1 N–H and O–H groups in total. The van der Waals surface area contributed by atoms with Crippen molar-refractivity contribution in [2.45, 2.75) is 25.2 Å². The summed E-state index contributed by atoms with van der Waals surface area (Å²) in [5.41, 5.74) is 0. The molecule has 0 amide bonds. The second-order valence-electron chi connectivity index (χ2n) is 2.27. The number of aliphatic hydroxyl groups excluding tert-OH is 1. The van der Waals surface area contributed by atoms with Crippen LogP contribution < -0.4 is 0 Å². The lowest BCUT2D eigenvalue weighted by atomic mass is 10.3. The molecule has 0 heterocycles. The standard InChI is InChI=1S/C7H13ClOS/c1-5(8)4-10-7(3)6(2)9/h6-7,9H,1,4H2,2-3H3. The predicted molar refractivity (Wildman–Crippen MR) is 48.6 cm³/mol. The molecule has 0 fully saturated rings. The van der Waals surface area contributed by atoms with Crippen LogP contribution in [0.25, 0.3) is 0 Å². The zero-order valence-corrected chi connectivity index (χ0v) is 7.87. The quantitative estimate of drug-likeness (QED) is 0.716. The van der Waals surface area contributed by atoms with E-state index < -0.39 is 0 Å². The van der Waals surface area contributed by atoms with Gasteiger partial charge in [0.05, 0.1) is 6.10 Å². The zero-order valence-electron chi connectivity index (χ0n) is 6.30. The van der Waals surface area contributed by atoms with Gasteiger partial charge in [0, 0.05) is 16.0 Å². The predicted octanol–water partition coefficient (Wildman–Crippen LogP) is 2.24. The minimum absolute atomic E-state index is 0.232. The first kappa shape index (κ1) is 10.3. The molecule has 0 saturated heterocycles. The van der Waals surface area contributed by atoms with Crippen LogP contribution in [0.2, 0.25) is 0 Å². The van der Waals surface area contributed by atoms with E-state index in [9.17, 15) is 0 Å². The van der Waals surface area contributed by atoms with Gasteiger partial charge in [0.25, 0.3) is 0 Å². The number of hydrogen-bond acceptors (Lipinski definition) is 2. The van der Waals surface area contributed by atoms with E-state index in [0.717, 1.165) is 0 Å². The molecule has 0 aliphatic carbocycles. The first-order valence-corrected chi connectivity index (χ1v) is 4.59. The molecule has 0 aromatic rings. The Labute approximate surface area is 71.5 Å². The Bertz CT molecular complexity index is 114. The van der Waals surface area contributed by atoms with E-state index in [1.807, 2.05) is 6.92 Å². The molecule has 0 rings (SSSR count). The lowest BCUT2D eigenvalue weighted by Gasteiger charge is -2.12. The zero-order chi connectivity index (χ0) is 8.15. The van der Waals surface area contributed by atoms with E-state index in [-0.39, 0.29) is 11.4 Å². The maximum atomic E-state index is 9.04. The van der Waals surface area contributed by atoms with Gasteiger partial charge in [-0.15, -0.1) is 0 Å². The van der Waals surface area contributed by atoms with E-state index in [0.29, 0.717) is 10.8 Å². The van der Waals surface area contributed by atoms with Gasteiger partial charge in [-0.1, -0.05) is 25.1 Å². The normalized spacial score (nSPS) is 16.4. The van der Waals surface area contributed by atoms with Gasteiger partial charge in [0.2, 0.25) is 0 Å². The molecule has 2 unspecified atom stereocenters. The van der Waals surface area contributed by atoms with Crippen molar-refractivity contribution in [3.05, 3.63) is 11.6 Å². The number of hydrogen-bond donors (Lipinski definition) is 1. The molecule has 0 saturated carbocycles. The summed E-state index contributed by atoms with van der Waals surface area (Å²) >= 11 is 7.14. The summed E-state index contributed by atoms with van der Waals surface area (Å²) in [4.78, 5) is 0. The Morgan fingerprint density at radius 1 is 1.70 bits per heavy atom. The molecule has 0 aliphatic rings. The van der Waals surface area contributed by atoms with Gasteiger partial charge in [-0.2, -0.15) is 11.8 Å². The lowest BCUT2D eigenvalue weighted by Crippen LogP contribution is -2.15. The van der Waals surface area contributed by atoms with Gasteiger partial charge >= 0.3 is 0 Å². The van der Waals surface area contributed by atoms with Crippen molar-refractivity contribution in [3.63, 3.8) is 0 Å². The topological polar surface area (TPSA) is 20.2 Å². The molecule has 2 atom stereocenters. The van der Waals surface area contributed by atoms with Gasteiger partial charge in [0.1, 0.15) is 0 Å². The Kier molecular flexibility index (Phi) is 5.22. The van der Waals surface area contributed by atoms with Crippen molar-refractivity contribution in [3.8, 4) is 0 Å². The Hall–Kier alpha value is 0.340. The van der Waals surface area contributed by atoms with Crippen LogP contribution >= 0.6 is 23.4 Å². The van der Waals surface area contributed by atoms with Crippen molar-refractivity contribution in [2.75, 3.05) is 5.75 Å². The van der Waals surface area contributed by atoms with Gasteiger partial charge in [-0.3, -0.25) is 0 Å². The molecule has 0 bridgehead atoms. The first-order chi connectivity index (χ1) is 4.54. The minimum Gasteiger partial charge on any atom is -0.392 e. The SMILES string of the molecule is C=C(Cl)CSC(C)C(C)O. The highest BCUT2D eigenvalue weighted by Crippen LogP contribution is 2.17. The summed E-state index contributed by atoms with van der Waals surface area (Å²) in [7, 11) is 0. The van der Waals surface area contributed by atoms with E-state index in [1.54, 1.807) is 18.7 Å². The van der Waals surface area contributed by atoms with Crippen LogP contribution in [0.3, 0.4) is 0 Å². The summed E-state index contributed by atoms with van der Waals surface area (Å²) in [5.74, 6) is 0.716. The van der Waals surface area contributed by atoms with Crippen LogP contribution in [-0.2, 0) is 0 Å². The molecule has 0 spiro atoms. The molecular formula is C7H13ClOS. The van der Waals surface area contributed by atoms with Gasteiger partial charge < -0.3 is 5.11 Å². The van der Waals surface area contributed by atoms with Crippen LogP contribution in [0.5, 0.6) is 0 Å². The maximum Gasteiger partial charge on any atom is 0.0628 e. The third-order valence-corrected chi connectivity index (χ3v) is 2.91. The Morgan fingerprint density at radius 2 is 2.20 bits per heavy atom. The van der Waals surface area contributed by atoms with E-state index in [4.69, 9.17) is 16.7 Å². The fourth-order valence-electron chi connectivity index (χ4n) is 0.361. The maximum absolute atomic E-state index is 9.04. The number of rotatable bonds is 4. The summed E-state index contributed by atoms with van der Waals surface area (Å²) in [6.45, 7) is 7.29. The van der Waals surface area contributed by atoms with Crippen molar-refractivity contribution in [2.24, 2.45) is 0 Å². The van der Waals surface area contributed by atoms with Crippen LogP contribution in [-0.4, -0.2) is 22.2 Å². The highest BCUT2D eigenvalue weighted by atomic mass is 35.5. The van der Waals surface area contributed by atoms with Crippen LogP contribution in [0.1, 0.15) is 13.8 Å². The monoisotopic (exact) mass is 180 g/mol. The molecule has 10 heavy (non-hydrogen) atoms. The minimum atomic E-state index is -0.277. The van der Waals surface area contributed by atoms with Crippen LogP contribution in [0.15, 0.2) is 11.6 Å². The summed E-state index contributed by atoms with van der Waals surface area (Å²) in [5, 5.41) is 9.91. The summed E-state index contributed by atoms with van der Waals surface area (Å²) < 4.78 is 0. The Morgan fingerprint density at radius 3 is 2.50 bits per heavy atom. The molecule has 0 radical (unpaired) electrons. The molecule has 0 aromatic carbocycles. The highest BCUT2D eigenvalue weighted by Gasteiger charge is 2.08. The smallest absolute Gasteiger partial charge is 0.0628 e. The average molecular weight is 181 g/mol. The fourth-order valence-corrected chi connectivity index (χ4v) is 1.27. The molecule has 3 heteroatoms. The first-order valence-electron chi connectivity index (χ1n) is 3.17. The van der Waals surface area contributed by atoms with E-state index in [2.05, 4.69) is 6.58 Å². The summed E-state index contributed by atoms with van der Waals surface area (Å²) in [6.07, 6.45) is -0.277. The van der Waals surface area contributed by atoms with Gasteiger partial charge in [-0.05, 0) is 6.92 Å². The largest absolute Gasteiger partial charge is 0.392 e. The molecular weight excluding hydrogens is 168 g/mol. The third kappa shape index (κ3) is 5.15. The third-order valence-electron chi connectivity index (χ3n) is 1.18. The number of halogens is 1. The van der Waals surface area contributed by atoms with Crippen molar-refractivity contribution in [1.82, 2.24) is 0 Å². The van der Waals surface area contributed by atoms with Gasteiger partial charge in [0.15, 0.2) is 0 Å². The fraction of sp³-hybridized carbons (Fsp3) is 0.714. The van der Waals surface area contributed by atoms with E-state index in [1.165, 1.54) is 0 Å². The van der Waals surface area contributed by atoms with Gasteiger partial charge in [-0.25, -0.2) is 0 Å². The Balaban J connectivity index is 3.39. The molecule has 0 aromatic heterocycles. The van der Waals surface area contributed by atoms with Crippen LogP contribution in [0, 0.1) is 0 Å². The highest BCUT2D eigenvalue weighted by molar-refractivity contribution is 8.00. The molecule has 1 nitrogen and oxygen atoms in total. The lowest BCUT2D eigenvalue weighted by molar-refractivity contribution is 0.196. The number of thioether (sulfide) groups is 1. The average Bonchev–Trinajstić information content (AvgIpc) is 1.82.